The van der Waals surface area contributed by atoms with Gasteiger partial charge in [-0.2, -0.15) is 0 Å². The van der Waals surface area contributed by atoms with Crippen LogP contribution in [0.25, 0.3) is 110 Å². The molecular formula is C52H32N4. The second kappa shape index (κ2) is 13.1. The molecule has 0 amide bonds. The Morgan fingerprint density at radius 1 is 0.286 bits per heavy atom. The number of pyridine rings is 1. The molecule has 0 aliphatic heterocycles. The van der Waals surface area contributed by atoms with E-state index in [1.165, 1.54) is 48.5 Å². The van der Waals surface area contributed by atoms with Crippen LogP contribution in [0.2, 0.25) is 0 Å². The summed E-state index contributed by atoms with van der Waals surface area (Å²) in [5.74, 6) is 1.86. The van der Waals surface area contributed by atoms with E-state index in [1.807, 2.05) is 36.7 Å². The minimum atomic E-state index is 0.607. The van der Waals surface area contributed by atoms with Crippen molar-refractivity contribution in [3.05, 3.63) is 194 Å². The molecule has 0 fully saturated rings. The summed E-state index contributed by atoms with van der Waals surface area (Å²) in [5, 5.41) is 12.2. The molecule has 0 N–H and O–H groups in total. The summed E-state index contributed by atoms with van der Waals surface area (Å²) in [7, 11) is 0. The Morgan fingerprint density at radius 2 is 0.821 bits per heavy atom. The largest absolute Gasteiger partial charge is 0.264 e. The Morgan fingerprint density at radius 3 is 1.55 bits per heavy atom. The van der Waals surface area contributed by atoms with E-state index >= 15 is 0 Å². The Balaban J connectivity index is 1.20. The zero-order valence-corrected chi connectivity index (χ0v) is 30.3. The van der Waals surface area contributed by atoms with Gasteiger partial charge in [0, 0.05) is 34.6 Å². The van der Waals surface area contributed by atoms with Crippen molar-refractivity contribution in [1.29, 1.82) is 0 Å². The van der Waals surface area contributed by atoms with Crippen molar-refractivity contribution >= 4 is 53.9 Å². The molecule has 4 heteroatoms. The number of rotatable bonds is 5. The Bertz CT molecular complexity index is 3300. The van der Waals surface area contributed by atoms with Crippen molar-refractivity contribution in [1.82, 2.24) is 19.9 Å². The van der Waals surface area contributed by atoms with E-state index in [-0.39, 0.29) is 0 Å². The highest BCUT2D eigenvalue weighted by Gasteiger charge is 2.19. The molecule has 9 aromatic carbocycles. The second-order valence-corrected chi connectivity index (χ2v) is 14.3. The molecule has 11 rings (SSSR count). The van der Waals surface area contributed by atoms with Gasteiger partial charge in [0.1, 0.15) is 0 Å². The first-order chi connectivity index (χ1) is 27.7. The van der Waals surface area contributed by atoms with E-state index in [0.29, 0.717) is 17.5 Å². The molecule has 11 aromatic rings. The molecule has 0 aliphatic carbocycles. The topological polar surface area (TPSA) is 51.6 Å². The van der Waals surface area contributed by atoms with E-state index < -0.39 is 0 Å². The summed E-state index contributed by atoms with van der Waals surface area (Å²) in [6.07, 6.45) is 3.73. The monoisotopic (exact) mass is 712 g/mol. The molecule has 2 heterocycles. The lowest BCUT2D eigenvalue weighted by molar-refractivity contribution is 1.07. The number of hydrogen-bond acceptors (Lipinski definition) is 4. The van der Waals surface area contributed by atoms with Gasteiger partial charge in [0.25, 0.3) is 0 Å². The van der Waals surface area contributed by atoms with Crippen molar-refractivity contribution in [3.63, 3.8) is 0 Å². The van der Waals surface area contributed by atoms with Crippen LogP contribution in [0, 0.1) is 0 Å². The molecule has 0 saturated heterocycles. The van der Waals surface area contributed by atoms with Crippen LogP contribution in [0.3, 0.4) is 0 Å². The summed E-state index contributed by atoms with van der Waals surface area (Å²) in [5.41, 5.74) is 7.04. The van der Waals surface area contributed by atoms with Crippen LogP contribution in [-0.4, -0.2) is 19.9 Å². The van der Waals surface area contributed by atoms with E-state index in [0.717, 1.165) is 44.3 Å². The first-order valence-corrected chi connectivity index (χ1v) is 18.9. The minimum Gasteiger partial charge on any atom is -0.264 e. The van der Waals surface area contributed by atoms with Gasteiger partial charge in [0.2, 0.25) is 0 Å². The molecule has 2 aromatic heterocycles. The molecule has 0 saturated carbocycles. The first kappa shape index (κ1) is 31.9. The molecular weight excluding hydrogens is 681 g/mol. The first-order valence-electron chi connectivity index (χ1n) is 18.9. The van der Waals surface area contributed by atoms with E-state index in [1.54, 1.807) is 0 Å². The van der Waals surface area contributed by atoms with Crippen molar-refractivity contribution in [3.8, 4) is 56.4 Å². The van der Waals surface area contributed by atoms with Crippen LogP contribution in [-0.2, 0) is 0 Å². The number of fused-ring (bicyclic) bond motifs is 9. The number of nitrogens with zero attached hydrogens (tertiary/aromatic N) is 4. The number of benzene rings is 9. The van der Waals surface area contributed by atoms with Crippen LogP contribution in [0.5, 0.6) is 0 Å². The van der Waals surface area contributed by atoms with Gasteiger partial charge >= 0.3 is 0 Å². The lowest BCUT2D eigenvalue weighted by atomic mass is 9.86. The summed E-state index contributed by atoms with van der Waals surface area (Å²) < 4.78 is 0. The summed E-state index contributed by atoms with van der Waals surface area (Å²) >= 11 is 0. The third-order valence-electron chi connectivity index (χ3n) is 10.9. The van der Waals surface area contributed by atoms with Gasteiger partial charge in [-0.05, 0) is 107 Å². The fourth-order valence-corrected chi connectivity index (χ4v) is 8.30. The molecule has 0 radical (unpaired) electrons. The van der Waals surface area contributed by atoms with Gasteiger partial charge in [-0.3, -0.25) is 4.98 Å². The van der Waals surface area contributed by atoms with Crippen molar-refractivity contribution in [2.24, 2.45) is 0 Å². The van der Waals surface area contributed by atoms with Gasteiger partial charge in [0.05, 0.1) is 0 Å². The number of hydrogen-bond donors (Lipinski definition) is 0. The Labute approximate surface area is 323 Å². The molecule has 0 spiro atoms. The van der Waals surface area contributed by atoms with Crippen LogP contribution in [0.15, 0.2) is 194 Å². The third kappa shape index (κ3) is 5.39. The standard InChI is InChI=1S/C52H32N4/c1-2-14-34(15-3-1)50-54-51(36-25-24-33-13-4-5-16-35(33)27-36)56-52(55-50)40-29-38(37-17-12-26-53-32-37)28-39(30-40)47-31-48-43-20-7-6-18-41(43)42-19-8-10-22-45(42)49(48)46-23-11-9-21-44(46)47/h1-32H. The maximum absolute atomic E-state index is 5.23. The van der Waals surface area contributed by atoms with Crippen LogP contribution < -0.4 is 0 Å². The third-order valence-corrected chi connectivity index (χ3v) is 10.9. The fraction of sp³-hybridized carbons (Fsp3) is 0. The quantitative estimate of drug-likeness (QED) is 0.167. The van der Waals surface area contributed by atoms with E-state index in [9.17, 15) is 0 Å². The average molecular weight is 713 g/mol. The molecule has 4 nitrogen and oxygen atoms in total. The highest BCUT2D eigenvalue weighted by molar-refractivity contribution is 6.33. The van der Waals surface area contributed by atoms with E-state index in [4.69, 9.17) is 15.0 Å². The van der Waals surface area contributed by atoms with Crippen molar-refractivity contribution in [2.75, 3.05) is 0 Å². The fourth-order valence-electron chi connectivity index (χ4n) is 8.30. The van der Waals surface area contributed by atoms with Crippen LogP contribution >= 0.6 is 0 Å². The molecule has 0 atom stereocenters. The molecule has 0 bridgehead atoms. The molecule has 0 unspecified atom stereocenters. The molecule has 0 aliphatic rings. The predicted molar refractivity (Wildman–Crippen MR) is 232 cm³/mol. The average Bonchev–Trinajstić information content (AvgIpc) is 3.28. The highest BCUT2D eigenvalue weighted by atomic mass is 15.0. The lowest BCUT2D eigenvalue weighted by Gasteiger charge is -2.17. The van der Waals surface area contributed by atoms with Gasteiger partial charge in [0.15, 0.2) is 17.5 Å². The predicted octanol–water partition coefficient (Wildman–Crippen LogP) is 13.4. The van der Waals surface area contributed by atoms with Gasteiger partial charge in [-0.1, -0.05) is 146 Å². The Hall–Kier alpha value is -7.56. The zero-order valence-electron chi connectivity index (χ0n) is 30.3. The van der Waals surface area contributed by atoms with E-state index in [2.05, 4.69) is 163 Å². The highest BCUT2D eigenvalue weighted by Crippen LogP contribution is 2.44. The minimum absolute atomic E-state index is 0.607. The summed E-state index contributed by atoms with van der Waals surface area (Å²) in [6, 6.07) is 64.5. The lowest BCUT2D eigenvalue weighted by Crippen LogP contribution is -2.00. The van der Waals surface area contributed by atoms with Crippen LogP contribution in [0.1, 0.15) is 0 Å². The second-order valence-electron chi connectivity index (χ2n) is 14.3. The smallest absolute Gasteiger partial charge is 0.164 e. The van der Waals surface area contributed by atoms with Crippen molar-refractivity contribution < 1.29 is 0 Å². The van der Waals surface area contributed by atoms with Crippen LogP contribution in [0.4, 0.5) is 0 Å². The molecule has 260 valence electrons. The SMILES string of the molecule is c1ccc(-c2nc(-c3cc(-c4cccnc4)cc(-c4cc5c6ccccc6c6ccccc6c5c5ccccc45)c3)nc(-c3ccc4ccccc4c3)n2)cc1. The Kier molecular flexibility index (Phi) is 7.46. The maximum Gasteiger partial charge on any atom is 0.164 e. The molecule has 56 heavy (non-hydrogen) atoms. The summed E-state index contributed by atoms with van der Waals surface area (Å²) in [6.45, 7) is 0. The maximum atomic E-state index is 5.23. The van der Waals surface area contributed by atoms with Gasteiger partial charge in [-0.25, -0.2) is 15.0 Å². The van der Waals surface area contributed by atoms with Gasteiger partial charge < -0.3 is 0 Å². The van der Waals surface area contributed by atoms with Crippen molar-refractivity contribution in [2.45, 2.75) is 0 Å². The number of aromatic nitrogens is 4. The zero-order chi connectivity index (χ0) is 37.0. The normalized spacial score (nSPS) is 11.6. The summed E-state index contributed by atoms with van der Waals surface area (Å²) in [4.78, 5) is 20.0. The van der Waals surface area contributed by atoms with Gasteiger partial charge in [-0.15, -0.1) is 0 Å².